The Bertz CT molecular complexity index is 1550. The van der Waals surface area contributed by atoms with Gasteiger partial charge in [-0.15, -0.1) is 0 Å². The topological polar surface area (TPSA) is 105 Å². The second-order valence-electron chi connectivity index (χ2n) is 8.30. The smallest absolute Gasteiger partial charge is 0.262 e. The number of anilines is 2. The van der Waals surface area contributed by atoms with Gasteiger partial charge in [0.15, 0.2) is 6.61 Å². The average Bonchev–Trinajstić information content (AvgIpc) is 2.91. The molecule has 1 atom stereocenters. The first-order valence-electron chi connectivity index (χ1n) is 11.4. The minimum atomic E-state index is -0.376. The highest BCUT2D eigenvalue weighted by Crippen LogP contribution is 2.31. The number of pyridine rings is 2. The number of nitrogens with one attached hydrogen (secondary N) is 3. The van der Waals surface area contributed by atoms with Gasteiger partial charge in [-0.25, -0.2) is 4.98 Å². The summed E-state index contributed by atoms with van der Waals surface area (Å²) in [4.78, 5) is 33.0. The Hall–Kier alpha value is -4.74. The van der Waals surface area contributed by atoms with Gasteiger partial charge in [0.2, 0.25) is 5.91 Å². The molecule has 0 saturated heterocycles. The zero-order chi connectivity index (χ0) is 25.1. The van der Waals surface area contributed by atoms with Crippen LogP contribution in [0.25, 0.3) is 21.9 Å². The van der Waals surface area contributed by atoms with Gasteiger partial charge in [-0.1, -0.05) is 30.2 Å². The van der Waals surface area contributed by atoms with Crippen molar-refractivity contribution in [2.75, 3.05) is 24.3 Å². The Morgan fingerprint density at radius 1 is 1.08 bits per heavy atom. The summed E-state index contributed by atoms with van der Waals surface area (Å²) < 4.78 is 5.51. The maximum absolute atomic E-state index is 12.4. The van der Waals surface area contributed by atoms with Crippen LogP contribution in [0.5, 0.6) is 5.75 Å². The first-order chi connectivity index (χ1) is 17.5. The molecule has 2 amide bonds. The van der Waals surface area contributed by atoms with Crippen molar-refractivity contribution in [3.8, 4) is 28.7 Å². The third-order valence-corrected chi connectivity index (χ3v) is 5.87. The summed E-state index contributed by atoms with van der Waals surface area (Å²) in [5.41, 5.74) is 3.50. The number of ether oxygens (including phenoxy) is 1. The first-order valence-corrected chi connectivity index (χ1v) is 11.4. The lowest BCUT2D eigenvalue weighted by atomic mass is 9.99. The Balaban J connectivity index is 1.58. The van der Waals surface area contributed by atoms with E-state index in [1.807, 2.05) is 36.5 Å². The fraction of sp³-hybridized carbons (Fsp3) is 0.143. The Labute approximate surface area is 208 Å². The van der Waals surface area contributed by atoms with E-state index in [4.69, 9.17) is 4.74 Å². The minimum absolute atomic E-state index is 0.0313. The van der Waals surface area contributed by atoms with Crippen LogP contribution in [-0.4, -0.2) is 41.5 Å². The fourth-order valence-corrected chi connectivity index (χ4v) is 3.82. The predicted octanol–water partition coefficient (Wildman–Crippen LogP) is 3.57. The van der Waals surface area contributed by atoms with Crippen LogP contribution in [0.4, 0.5) is 11.5 Å². The molecule has 0 fully saturated rings. The Morgan fingerprint density at radius 3 is 2.81 bits per heavy atom. The van der Waals surface area contributed by atoms with Crippen molar-refractivity contribution in [3.05, 3.63) is 78.2 Å². The summed E-state index contributed by atoms with van der Waals surface area (Å²) in [7, 11) is 1.72. The lowest BCUT2D eigenvalue weighted by molar-refractivity contribution is -0.119. The van der Waals surface area contributed by atoms with Gasteiger partial charge in [0.25, 0.3) is 5.91 Å². The molecule has 4 aromatic rings. The van der Waals surface area contributed by atoms with E-state index in [0.717, 1.165) is 21.9 Å². The molecule has 0 saturated carbocycles. The van der Waals surface area contributed by atoms with E-state index in [-0.39, 0.29) is 24.5 Å². The van der Waals surface area contributed by atoms with Crippen LogP contribution in [0.3, 0.4) is 0 Å². The number of carbonyl (C=O) groups is 2. The van der Waals surface area contributed by atoms with E-state index >= 15 is 0 Å². The van der Waals surface area contributed by atoms with Crippen LogP contribution in [-0.2, 0) is 9.59 Å². The van der Waals surface area contributed by atoms with Gasteiger partial charge in [-0.2, -0.15) is 0 Å². The molecule has 36 heavy (non-hydrogen) atoms. The number of amides is 2. The SMILES string of the molecule is CNC(C)C(=O)Nc1ccc(-c2cncc3ccccc23)c(C#Cc2ccc3c(c2)OCC(=O)N3)n1. The molecule has 1 unspecified atom stereocenters. The van der Waals surface area contributed by atoms with Gasteiger partial charge in [-0.05, 0) is 55.6 Å². The number of rotatable bonds is 4. The van der Waals surface area contributed by atoms with Crippen molar-refractivity contribution in [1.82, 2.24) is 15.3 Å². The minimum Gasteiger partial charge on any atom is -0.482 e. The normalized spacial score (nSPS) is 13.0. The van der Waals surface area contributed by atoms with Crippen LogP contribution < -0.4 is 20.7 Å². The molecule has 1 aliphatic rings. The van der Waals surface area contributed by atoms with Crippen LogP contribution in [0.15, 0.2) is 67.0 Å². The lowest BCUT2D eigenvalue weighted by Gasteiger charge is -2.17. The molecular formula is C28H23N5O3. The molecule has 5 rings (SSSR count). The highest BCUT2D eigenvalue weighted by Gasteiger charge is 2.16. The van der Waals surface area contributed by atoms with Crippen molar-refractivity contribution < 1.29 is 14.3 Å². The van der Waals surface area contributed by atoms with Crippen molar-refractivity contribution in [3.63, 3.8) is 0 Å². The fourth-order valence-electron chi connectivity index (χ4n) is 3.82. The zero-order valence-electron chi connectivity index (χ0n) is 19.8. The molecule has 2 aromatic carbocycles. The molecule has 0 radical (unpaired) electrons. The van der Waals surface area contributed by atoms with E-state index in [2.05, 4.69) is 37.8 Å². The van der Waals surface area contributed by atoms with E-state index in [9.17, 15) is 9.59 Å². The number of hydrogen-bond acceptors (Lipinski definition) is 6. The van der Waals surface area contributed by atoms with E-state index < -0.39 is 0 Å². The van der Waals surface area contributed by atoms with Crippen LogP contribution in [0.1, 0.15) is 18.2 Å². The number of likely N-dealkylation sites (N-methyl/N-ethyl adjacent to an activating group) is 1. The zero-order valence-corrected chi connectivity index (χ0v) is 19.8. The summed E-state index contributed by atoms with van der Waals surface area (Å²) in [5.74, 6) is 6.89. The number of carbonyl (C=O) groups excluding carboxylic acids is 2. The highest BCUT2D eigenvalue weighted by molar-refractivity contribution is 5.98. The number of hydrogen-bond donors (Lipinski definition) is 3. The molecule has 178 valence electrons. The van der Waals surface area contributed by atoms with Gasteiger partial charge in [-0.3, -0.25) is 14.6 Å². The molecule has 3 N–H and O–H groups in total. The van der Waals surface area contributed by atoms with Gasteiger partial charge in [0.05, 0.1) is 11.7 Å². The number of fused-ring (bicyclic) bond motifs is 2. The van der Waals surface area contributed by atoms with Gasteiger partial charge in [0.1, 0.15) is 17.3 Å². The van der Waals surface area contributed by atoms with Crippen LogP contribution in [0, 0.1) is 11.8 Å². The average molecular weight is 478 g/mol. The second-order valence-corrected chi connectivity index (χ2v) is 8.30. The number of benzene rings is 2. The van der Waals surface area contributed by atoms with Crippen molar-refractivity contribution in [1.29, 1.82) is 0 Å². The summed E-state index contributed by atoms with van der Waals surface area (Å²) in [6.07, 6.45) is 3.61. The quantitative estimate of drug-likeness (QED) is 0.388. The molecular weight excluding hydrogens is 454 g/mol. The molecule has 0 bridgehead atoms. The maximum Gasteiger partial charge on any atom is 0.262 e. The summed E-state index contributed by atoms with van der Waals surface area (Å²) in [6.45, 7) is 1.74. The monoisotopic (exact) mass is 477 g/mol. The molecule has 1 aliphatic heterocycles. The third-order valence-electron chi connectivity index (χ3n) is 5.87. The largest absolute Gasteiger partial charge is 0.482 e. The van der Waals surface area contributed by atoms with E-state index in [1.165, 1.54) is 0 Å². The molecule has 0 aliphatic carbocycles. The van der Waals surface area contributed by atoms with Crippen molar-refractivity contribution >= 4 is 34.1 Å². The summed E-state index contributed by atoms with van der Waals surface area (Å²) >= 11 is 0. The molecule has 3 heterocycles. The number of nitrogens with zero attached hydrogens (tertiary/aromatic N) is 2. The maximum atomic E-state index is 12.4. The highest BCUT2D eigenvalue weighted by atomic mass is 16.5. The van der Waals surface area contributed by atoms with E-state index in [1.54, 1.807) is 44.4 Å². The molecule has 8 heteroatoms. The third kappa shape index (κ3) is 4.73. The van der Waals surface area contributed by atoms with Gasteiger partial charge < -0.3 is 20.7 Å². The molecule has 2 aromatic heterocycles. The lowest BCUT2D eigenvalue weighted by Crippen LogP contribution is -2.35. The van der Waals surface area contributed by atoms with Gasteiger partial charge >= 0.3 is 0 Å². The summed E-state index contributed by atoms with van der Waals surface area (Å²) in [6, 6.07) is 16.6. The molecule has 0 spiro atoms. The van der Waals surface area contributed by atoms with Crippen LogP contribution in [0.2, 0.25) is 0 Å². The summed E-state index contributed by atoms with van der Waals surface area (Å²) in [5, 5.41) is 10.6. The van der Waals surface area contributed by atoms with E-state index in [0.29, 0.717) is 28.5 Å². The standard InChI is InChI=1S/C28H23N5O3/c1-17(29-2)28(35)33-26-12-9-21(22-15-30-14-19-5-3-4-6-20(19)22)23(31-26)10-7-18-8-11-24-25(13-18)36-16-27(34)32-24/h3-6,8-9,11-15,17,29H,16H2,1-2H3,(H,32,34)(H,31,33,35). The molecule has 8 nitrogen and oxygen atoms in total. The first kappa shape index (κ1) is 23.0. The Morgan fingerprint density at radius 2 is 1.94 bits per heavy atom. The number of aromatic nitrogens is 2. The van der Waals surface area contributed by atoms with Crippen molar-refractivity contribution in [2.45, 2.75) is 13.0 Å². The van der Waals surface area contributed by atoms with Gasteiger partial charge in [0, 0.05) is 34.5 Å². The second kappa shape index (κ2) is 9.86. The predicted molar refractivity (Wildman–Crippen MR) is 139 cm³/mol. The van der Waals surface area contributed by atoms with Crippen LogP contribution >= 0.6 is 0 Å². The Kier molecular flexibility index (Phi) is 6.31. The van der Waals surface area contributed by atoms with Crippen molar-refractivity contribution in [2.24, 2.45) is 0 Å².